The molecule has 0 unspecified atom stereocenters. The van der Waals surface area contributed by atoms with Crippen molar-refractivity contribution < 1.29 is 9.13 Å². The highest BCUT2D eigenvalue weighted by Crippen LogP contribution is 2.33. The summed E-state index contributed by atoms with van der Waals surface area (Å²) in [6, 6.07) is 3.51. The first-order valence-electron chi connectivity index (χ1n) is 6.70. The van der Waals surface area contributed by atoms with E-state index in [1.54, 1.807) is 6.07 Å². The highest BCUT2D eigenvalue weighted by molar-refractivity contribution is 9.10. The minimum absolute atomic E-state index is 0.174. The SMILES string of the molecule is CCC(C)(C)Cc1cc(F)c(OCCCN)c(Br)c1. The van der Waals surface area contributed by atoms with Gasteiger partial charge in [-0.1, -0.05) is 27.2 Å². The van der Waals surface area contributed by atoms with Crippen molar-refractivity contribution in [1.29, 1.82) is 0 Å². The van der Waals surface area contributed by atoms with Crippen molar-refractivity contribution >= 4 is 15.9 Å². The second-order valence-electron chi connectivity index (χ2n) is 5.57. The van der Waals surface area contributed by atoms with Gasteiger partial charge in [-0.05, 0) is 58.4 Å². The second-order valence-corrected chi connectivity index (χ2v) is 6.43. The smallest absolute Gasteiger partial charge is 0.169 e. The minimum atomic E-state index is -0.312. The Morgan fingerprint density at radius 1 is 1.37 bits per heavy atom. The molecule has 0 fully saturated rings. The summed E-state index contributed by atoms with van der Waals surface area (Å²) in [6.45, 7) is 7.50. The van der Waals surface area contributed by atoms with E-state index in [0.29, 0.717) is 17.6 Å². The molecule has 1 aromatic rings. The topological polar surface area (TPSA) is 35.2 Å². The lowest BCUT2D eigenvalue weighted by molar-refractivity contribution is 0.295. The van der Waals surface area contributed by atoms with Crippen LogP contribution in [0.1, 0.15) is 39.2 Å². The molecule has 0 atom stereocenters. The number of halogens is 2. The van der Waals surface area contributed by atoms with Crippen molar-refractivity contribution in [1.82, 2.24) is 0 Å². The van der Waals surface area contributed by atoms with Gasteiger partial charge < -0.3 is 10.5 Å². The summed E-state index contributed by atoms with van der Waals surface area (Å²) in [4.78, 5) is 0. The number of hydrogen-bond acceptors (Lipinski definition) is 2. The molecule has 0 saturated heterocycles. The Hall–Kier alpha value is -0.610. The van der Waals surface area contributed by atoms with Gasteiger partial charge in [-0.2, -0.15) is 0 Å². The van der Waals surface area contributed by atoms with E-state index in [9.17, 15) is 4.39 Å². The molecule has 0 radical (unpaired) electrons. The van der Waals surface area contributed by atoms with Crippen molar-refractivity contribution in [2.24, 2.45) is 11.1 Å². The number of hydrogen-bond donors (Lipinski definition) is 1. The van der Waals surface area contributed by atoms with Gasteiger partial charge in [0.05, 0.1) is 11.1 Å². The summed E-state index contributed by atoms with van der Waals surface area (Å²) in [5, 5.41) is 0. The Morgan fingerprint density at radius 3 is 2.58 bits per heavy atom. The molecule has 0 spiro atoms. The predicted molar refractivity (Wildman–Crippen MR) is 81.0 cm³/mol. The van der Waals surface area contributed by atoms with Crippen molar-refractivity contribution in [3.63, 3.8) is 0 Å². The van der Waals surface area contributed by atoms with E-state index < -0.39 is 0 Å². The van der Waals surface area contributed by atoms with Crippen LogP contribution in [0.3, 0.4) is 0 Å². The molecule has 2 N–H and O–H groups in total. The van der Waals surface area contributed by atoms with Crippen LogP contribution < -0.4 is 10.5 Å². The van der Waals surface area contributed by atoms with Crippen LogP contribution in [0.4, 0.5) is 4.39 Å². The lowest BCUT2D eigenvalue weighted by Crippen LogP contribution is -2.14. The van der Waals surface area contributed by atoms with Crippen LogP contribution in [-0.4, -0.2) is 13.2 Å². The van der Waals surface area contributed by atoms with E-state index >= 15 is 0 Å². The Bertz CT molecular complexity index is 398. The van der Waals surface area contributed by atoms with Gasteiger partial charge in [-0.3, -0.25) is 0 Å². The van der Waals surface area contributed by atoms with Crippen molar-refractivity contribution in [3.8, 4) is 5.75 Å². The zero-order chi connectivity index (χ0) is 14.5. The molecule has 0 aromatic heterocycles. The summed E-state index contributed by atoms with van der Waals surface area (Å²) in [6.07, 6.45) is 2.62. The van der Waals surface area contributed by atoms with E-state index in [0.717, 1.165) is 24.8 Å². The van der Waals surface area contributed by atoms with Gasteiger partial charge in [0.15, 0.2) is 11.6 Å². The zero-order valence-corrected chi connectivity index (χ0v) is 13.5. The van der Waals surface area contributed by atoms with Gasteiger partial charge in [0.1, 0.15) is 0 Å². The Kier molecular flexibility index (Phi) is 6.27. The van der Waals surface area contributed by atoms with Crippen LogP contribution in [-0.2, 0) is 6.42 Å². The summed E-state index contributed by atoms with van der Waals surface area (Å²) in [7, 11) is 0. The number of nitrogens with two attached hydrogens (primary N) is 1. The van der Waals surface area contributed by atoms with Gasteiger partial charge >= 0.3 is 0 Å². The zero-order valence-electron chi connectivity index (χ0n) is 11.9. The second kappa shape index (κ2) is 7.25. The quantitative estimate of drug-likeness (QED) is 0.756. The van der Waals surface area contributed by atoms with E-state index in [-0.39, 0.29) is 17.0 Å². The number of rotatable bonds is 7. The molecule has 0 bridgehead atoms. The van der Waals surface area contributed by atoms with Crippen LogP contribution in [0, 0.1) is 11.2 Å². The van der Waals surface area contributed by atoms with Gasteiger partial charge in [0.25, 0.3) is 0 Å². The third kappa shape index (κ3) is 5.11. The molecule has 0 aliphatic heterocycles. The van der Waals surface area contributed by atoms with Crippen LogP contribution in [0.15, 0.2) is 16.6 Å². The summed E-state index contributed by atoms with van der Waals surface area (Å²) >= 11 is 3.38. The average molecular weight is 332 g/mol. The summed E-state index contributed by atoms with van der Waals surface area (Å²) < 4.78 is 20.1. The van der Waals surface area contributed by atoms with E-state index in [2.05, 4.69) is 36.7 Å². The van der Waals surface area contributed by atoms with Crippen molar-refractivity contribution in [2.45, 2.75) is 40.0 Å². The fourth-order valence-corrected chi connectivity index (χ4v) is 2.39. The predicted octanol–water partition coefficient (Wildman–Crippen LogP) is 4.29. The first kappa shape index (κ1) is 16.4. The fraction of sp³-hybridized carbons (Fsp3) is 0.600. The first-order chi connectivity index (χ1) is 8.89. The standard InChI is InChI=1S/C15H23BrFNO/c1-4-15(2,3)10-11-8-12(16)14(13(17)9-11)19-7-5-6-18/h8-9H,4-7,10,18H2,1-3H3. The molecule has 1 aromatic carbocycles. The van der Waals surface area contributed by atoms with Gasteiger partial charge in [-0.15, -0.1) is 0 Å². The maximum atomic E-state index is 14.0. The van der Waals surface area contributed by atoms with Crippen LogP contribution in [0.25, 0.3) is 0 Å². The molecule has 108 valence electrons. The number of benzene rings is 1. The molecule has 2 nitrogen and oxygen atoms in total. The Balaban J connectivity index is 2.84. The fourth-order valence-electron chi connectivity index (χ4n) is 1.79. The van der Waals surface area contributed by atoms with E-state index in [4.69, 9.17) is 10.5 Å². The highest BCUT2D eigenvalue weighted by atomic mass is 79.9. The van der Waals surface area contributed by atoms with Crippen LogP contribution >= 0.6 is 15.9 Å². The van der Waals surface area contributed by atoms with Crippen LogP contribution in [0.2, 0.25) is 0 Å². The molecule has 0 aliphatic carbocycles. The molecule has 0 heterocycles. The summed E-state index contributed by atoms with van der Waals surface area (Å²) in [5.74, 6) is -0.0280. The van der Waals surface area contributed by atoms with Crippen molar-refractivity contribution in [3.05, 3.63) is 28.0 Å². The molecule has 19 heavy (non-hydrogen) atoms. The third-order valence-corrected chi connectivity index (χ3v) is 3.88. The normalized spacial score (nSPS) is 11.7. The minimum Gasteiger partial charge on any atom is -0.489 e. The third-order valence-electron chi connectivity index (χ3n) is 3.29. The molecule has 4 heteroatoms. The van der Waals surface area contributed by atoms with Gasteiger partial charge in [0, 0.05) is 0 Å². The van der Waals surface area contributed by atoms with Crippen LogP contribution in [0.5, 0.6) is 5.75 Å². The van der Waals surface area contributed by atoms with Gasteiger partial charge in [0.2, 0.25) is 0 Å². The molecule has 0 aliphatic rings. The monoisotopic (exact) mass is 331 g/mol. The van der Waals surface area contributed by atoms with Gasteiger partial charge in [-0.25, -0.2) is 4.39 Å². The Labute approximate surface area is 123 Å². The van der Waals surface area contributed by atoms with Crippen molar-refractivity contribution in [2.75, 3.05) is 13.2 Å². The maximum Gasteiger partial charge on any atom is 0.169 e. The molecule has 1 rings (SSSR count). The number of ether oxygens (including phenoxy) is 1. The van der Waals surface area contributed by atoms with E-state index in [1.807, 2.05) is 6.07 Å². The summed E-state index contributed by atoms with van der Waals surface area (Å²) in [5.41, 5.74) is 6.55. The molecular weight excluding hydrogens is 309 g/mol. The maximum absolute atomic E-state index is 14.0. The first-order valence-corrected chi connectivity index (χ1v) is 7.49. The highest BCUT2D eigenvalue weighted by Gasteiger charge is 2.18. The van der Waals surface area contributed by atoms with E-state index in [1.165, 1.54) is 0 Å². The largest absolute Gasteiger partial charge is 0.489 e. The molecule has 0 amide bonds. The lowest BCUT2D eigenvalue weighted by atomic mass is 9.83. The average Bonchev–Trinajstić information content (AvgIpc) is 2.32. The molecular formula is C15H23BrFNO. The molecule has 0 saturated carbocycles. The Morgan fingerprint density at radius 2 is 2.05 bits per heavy atom. The lowest BCUT2D eigenvalue weighted by Gasteiger charge is -2.23.